The number of nitrogens with zero attached hydrogens (tertiary/aromatic N) is 4. The van der Waals surface area contributed by atoms with Crippen LogP contribution in [0, 0.1) is 0 Å². The summed E-state index contributed by atoms with van der Waals surface area (Å²) >= 11 is 0. The summed E-state index contributed by atoms with van der Waals surface area (Å²) in [5.41, 5.74) is 0.868. The Hall–Kier alpha value is -2.70. The van der Waals surface area contributed by atoms with E-state index in [-0.39, 0.29) is 24.7 Å². The number of tetrazole rings is 1. The van der Waals surface area contributed by atoms with E-state index < -0.39 is 5.97 Å². The van der Waals surface area contributed by atoms with Gasteiger partial charge in [0.15, 0.2) is 0 Å². The summed E-state index contributed by atoms with van der Waals surface area (Å²) in [4.78, 5) is 12.7. The summed E-state index contributed by atoms with van der Waals surface area (Å²) < 4.78 is 5.03. The molecule has 1 N–H and O–H groups in total. The van der Waals surface area contributed by atoms with Crippen LogP contribution in [0.2, 0.25) is 0 Å². The van der Waals surface area contributed by atoms with E-state index in [0.29, 0.717) is 0 Å². The van der Waals surface area contributed by atoms with E-state index >= 15 is 0 Å². The first-order valence-corrected chi connectivity index (χ1v) is 5.51. The van der Waals surface area contributed by atoms with Gasteiger partial charge in [-0.05, 0) is 10.8 Å². The number of carbonyl (C=O) groups is 1. The summed E-state index contributed by atoms with van der Waals surface area (Å²) in [6.45, 7) is 3.42. The Kier molecular flexibility index (Phi) is 3.87. The fraction of sp³-hybridized carbons (Fsp3) is 0.167. The maximum atomic E-state index is 11.6. The molecule has 2 rings (SSSR count). The van der Waals surface area contributed by atoms with Gasteiger partial charge in [-0.2, -0.15) is 4.80 Å². The van der Waals surface area contributed by atoms with Crippen LogP contribution in [0.3, 0.4) is 0 Å². The summed E-state index contributed by atoms with van der Waals surface area (Å²) in [6, 6.07) is 9.26. The second kappa shape index (κ2) is 5.76. The highest BCUT2D eigenvalue weighted by molar-refractivity contribution is 5.84. The Bertz CT molecular complexity index is 580. The number of aliphatic hydroxyl groups is 1. The third kappa shape index (κ3) is 3.63. The highest BCUT2D eigenvalue weighted by atomic mass is 16.5. The van der Waals surface area contributed by atoms with Gasteiger partial charge in [-0.1, -0.05) is 36.9 Å². The van der Waals surface area contributed by atoms with Gasteiger partial charge in [-0.25, -0.2) is 4.79 Å². The summed E-state index contributed by atoms with van der Waals surface area (Å²) in [7, 11) is 0. The van der Waals surface area contributed by atoms with Crippen molar-refractivity contribution in [2.75, 3.05) is 0 Å². The molecule has 0 saturated heterocycles. The Morgan fingerprint density at radius 2 is 2.11 bits per heavy atom. The molecule has 0 aliphatic carbocycles. The molecule has 7 nitrogen and oxygen atoms in total. The first kappa shape index (κ1) is 12.7. The molecule has 0 bridgehead atoms. The van der Waals surface area contributed by atoms with Crippen LogP contribution < -0.4 is 0 Å². The average Bonchev–Trinajstić information content (AvgIpc) is 2.85. The smallest absolute Gasteiger partial charge is 0.380 e. The molecule has 19 heavy (non-hydrogen) atoms. The fourth-order valence-electron chi connectivity index (χ4n) is 1.34. The van der Waals surface area contributed by atoms with Gasteiger partial charge >= 0.3 is 5.97 Å². The molecule has 0 radical (unpaired) electrons. The van der Waals surface area contributed by atoms with Gasteiger partial charge in [0, 0.05) is 0 Å². The highest BCUT2D eigenvalue weighted by Gasteiger charge is 2.14. The van der Waals surface area contributed by atoms with E-state index in [4.69, 9.17) is 9.84 Å². The quantitative estimate of drug-likeness (QED) is 0.639. The lowest BCUT2D eigenvalue weighted by molar-refractivity contribution is 0.0457. The van der Waals surface area contributed by atoms with Crippen LogP contribution in [-0.2, 0) is 17.9 Å². The van der Waals surface area contributed by atoms with Gasteiger partial charge in [0.1, 0.15) is 18.9 Å². The van der Waals surface area contributed by atoms with Gasteiger partial charge in [0.2, 0.25) is 0 Å². The number of allylic oxidation sites excluding steroid dienone is 1. The van der Waals surface area contributed by atoms with E-state index in [9.17, 15) is 4.79 Å². The van der Waals surface area contributed by atoms with Crippen LogP contribution in [-0.4, -0.2) is 31.3 Å². The van der Waals surface area contributed by atoms with Crippen molar-refractivity contribution < 1.29 is 14.6 Å². The fourth-order valence-corrected chi connectivity index (χ4v) is 1.34. The van der Waals surface area contributed by atoms with Crippen molar-refractivity contribution in [1.29, 1.82) is 0 Å². The van der Waals surface area contributed by atoms with E-state index in [1.807, 2.05) is 30.3 Å². The minimum absolute atomic E-state index is 0.0149. The normalized spacial score (nSPS) is 10.1. The summed E-state index contributed by atoms with van der Waals surface area (Å²) in [6.07, 6.45) is 0. The first-order valence-electron chi connectivity index (χ1n) is 5.51. The molecule has 0 unspecified atom stereocenters. The molecule has 7 heteroatoms. The molecular weight excluding hydrogens is 248 g/mol. The zero-order valence-electron chi connectivity index (χ0n) is 10.1. The molecular formula is C12H12N4O3. The molecule has 0 spiro atoms. The van der Waals surface area contributed by atoms with Crippen LogP contribution in [0.15, 0.2) is 42.7 Å². The molecule has 0 saturated carbocycles. The minimum Gasteiger partial charge on any atom is -0.511 e. The Morgan fingerprint density at radius 1 is 1.37 bits per heavy atom. The van der Waals surface area contributed by atoms with Gasteiger partial charge in [-0.15, -0.1) is 10.2 Å². The number of carbonyl (C=O) groups excluding carboxylic acids is 1. The van der Waals surface area contributed by atoms with E-state index in [2.05, 4.69) is 22.0 Å². The molecule has 0 amide bonds. The molecule has 1 heterocycles. The summed E-state index contributed by atoms with van der Waals surface area (Å²) in [5, 5.41) is 19.9. The van der Waals surface area contributed by atoms with Crippen molar-refractivity contribution in [2.45, 2.75) is 13.2 Å². The predicted octanol–water partition coefficient (Wildman–Crippen LogP) is 1.10. The molecule has 0 aliphatic rings. The van der Waals surface area contributed by atoms with Crippen LogP contribution in [0.25, 0.3) is 0 Å². The molecule has 1 aromatic carbocycles. The van der Waals surface area contributed by atoms with Crippen LogP contribution in [0.1, 0.15) is 16.2 Å². The third-order valence-corrected chi connectivity index (χ3v) is 2.17. The van der Waals surface area contributed by atoms with Gasteiger partial charge < -0.3 is 9.84 Å². The molecule has 2 aromatic rings. The van der Waals surface area contributed by atoms with Crippen molar-refractivity contribution in [1.82, 2.24) is 20.2 Å². The predicted molar refractivity (Wildman–Crippen MR) is 65.1 cm³/mol. The zero-order valence-corrected chi connectivity index (χ0v) is 10.1. The Balaban J connectivity index is 1.93. The minimum atomic E-state index is -0.668. The second-order valence-corrected chi connectivity index (χ2v) is 3.77. The number of aliphatic hydroxyl groups excluding tert-OH is 1. The maximum absolute atomic E-state index is 11.6. The molecule has 1 aromatic heterocycles. The number of hydrogen-bond acceptors (Lipinski definition) is 6. The van der Waals surface area contributed by atoms with Gasteiger partial charge in [0.05, 0.1) is 0 Å². The lowest BCUT2D eigenvalue weighted by Gasteiger charge is -2.01. The van der Waals surface area contributed by atoms with Crippen molar-refractivity contribution in [3.05, 3.63) is 54.1 Å². The highest BCUT2D eigenvalue weighted by Crippen LogP contribution is 2.02. The van der Waals surface area contributed by atoms with E-state index in [1.165, 1.54) is 0 Å². The van der Waals surface area contributed by atoms with Gasteiger partial charge in [-0.3, -0.25) is 0 Å². The Labute approximate surface area is 109 Å². The largest absolute Gasteiger partial charge is 0.511 e. The number of ether oxygens (including phenoxy) is 1. The van der Waals surface area contributed by atoms with Crippen molar-refractivity contribution >= 4 is 5.97 Å². The average molecular weight is 260 g/mol. The lowest BCUT2D eigenvalue weighted by Crippen LogP contribution is -2.09. The first-order chi connectivity index (χ1) is 9.15. The number of aromatic nitrogens is 4. The van der Waals surface area contributed by atoms with Crippen LogP contribution >= 0.6 is 0 Å². The molecule has 0 atom stereocenters. The summed E-state index contributed by atoms with van der Waals surface area (Å²) in [5.74, 6) is -0.947. The van der Waals surface area contributed by atoms with Gasteiger partial charge in [0.25, 0.3) is 5.82 Å². The molecule has 0 aliphatic heterocycles. The van der Waals surface area contributed by atoms with Crippen molar-refractivity contribution in [3.63, 3.8) is 0 Å². The lowest BCUT2D eigenvalue weighted by atomic mass is 10.2. The number of esters is 1. The topological polar surface area (TPSA) is 90.1 Å². The standard InChI is InChI=1S/C12H12N4O3/c1-9(17)7-16-14-11(13-15-16)12(18)19-8-10-5-3-2-4-6-10/h2-6,17H,1,7-8H2. The number of rotatable bonds is 5. The Morgan fingerprint density at radius 3 is 2.79 bits per heavy atom. The van der Waals surface area contributed by atoms with E-state index in [1.54, 1.807) is 0 Å². The van der Waals surface area contributed by atoms with Crippen molar-refractivity contribution in [2.24, 2.45) is 0 Å². The monoisotopic (exact) mass is 260 g/mol. The van der Waals surface area contributed by atoms with E-state index in [0.717, 1.165) is 10.4 Å². The maximum Gasteiger partial charge on any atom is 0.380 e. The molecule has 98 valence electrons. The number of hydrogen-bond donors (Lipinski definition) is 1. The molecule has 0 fully saturated rings. The SMILES string of the molecule is C=C(O)Cn1nnc(C(=O)OCc2ccccc2)n1. The second-order valence-electron chi connectivity index (χ2n) is 3.77. The number of benzene rings is 1. The van der Waals surface area contributed by atoms with Crippen LogP contribution in [0.4, 0.5) is 0 Å². The third-order valence-electron chi connectivity index (χ3n) is 2.17. The van der Waals surface area contributed by atoms with Crippen LogP contribution in [0.5, 0.6) is 0 Å². The zero-order chi connectivity index (χ0) is 13.7. The van der Waals surface area contributed by atoms with Crippen molar-refractivity contribution in [3.8, 4) is 0 Å².